The van der Waals surface area contributed by atoms with E-state index in [4.69, 9.17) is 73.3 Å². The zero-order valence-electron chi connectivity index (χ0n) is 56.1. The molecule has 0 spiro atoms. The number of amides is 7. The van der Waals surface area contributed by atoms with E-state index in [2.05, 4.69) is 31.9 Å². The van der Waals surface area contributed by atoms with E-state index < -0.39 is 59.4 Å². The fourth-order valence-electron chi connectivity index (χ4n) is 9.56. The number of aryl methyl sites for hydroxylation is 1. The highest BCUT2D eigenvalue weighted by molar-refractivity contribution is 5.98. The van der Waals surface area contributed by atoms with Gasteiger partial charge in [0.25, 0.3) is 5.56 Å². The Morgan fingerprint density at radius 2 is 1.21 bits per heavy atom. The number of esters is 1. The molecule has 1 aliphatic heterocycles. The van der Waals surface area contributed by atoms with Gasteiger partial charge >= 0.3 is 18.1 Å². The van der Waals surface area contributed by atoms with Gasteiger partial charge in [-0.05, 0) is 73.1 Å². The minimum atomic E-state index is -1.08. The Hall–Kier alpha value is -8.11. The summed E-state index contributed by atoms with van der Waals surface area (Å²) in [5.74, 6) is -2.58. The second-order valence-electron chi connectivity index (χ2n) is 22.3. The highest BCUT2D eigenvalue weighted by atomic mass is 16.6. The Labute approximate surface area is 564 Å². The maximum atomic E-state index is 13.7. The summed E-state index contributed by atoms with van der Waals surface area (Å²) < 4.78 is 67.1. The van der Waals surface area contributed by atoms with Crippen molar-refractivity contribution in [2.24, 2.45) is 17.4 Å². The molecular formula is C66H98N10O21. The minimum absolute atomic E-state index is 0.00186. The monoisotopic (exact) mass is 1370 g/mol. The van der Waals surface area contributed by atoms with Gasteiger partial charge in [-0.1, -0.05) is 39.8 Å². The summed E-state index contributed by atoms with van der Waals surface area (Å²) in [5, 5.41) is 27.5. The molecule has 538 valence electrons. The molecule has 2 aromatic heterocycles. The number of rotatable bonds is 52. The average molecular weight is 1370 g/mol. The Morgan fingerprint density at radius 3 is 1.76 bits per heavy atom. The fourth-order valence-corrected chi connectivity index (χ4v) is 9.56. The number of urea groups is 1. The molecule has 97 heavy (non-hydrogen) atoms. The van der Waals surface area contributed by atoms with Gasteiger partial charge < -0.3 is 110 Å². The van der Waals surface area contributed by atoms with Crippen LogP contribution in [0.25, 0.3) is 22.3 Å². The van der Waals surface area contributed by atoms with Crippen molar-refractivity contribution < 1.29 is 95.5 Å². The van der Waals surface area contributed by atoms with Crippen LogP contribution in [0.4, 0.5) is 15.3 Å². The van der Waals surface area contributed by atoms with Crippen LogP contribution >= 0.6 is 0 Å². The minimum Gasteiger partial charge on any atom is -0.507 e. The van der Waals surface area contributed by atoms with E-state index >= 15 is 0 Å². The predicted octanol–water partition coefficient (Wildman–Crippen LogP) is 2.47. The zero-order chi connectivity index (χ0) is 70.0. The molecule has 0 fully saturated rings. The molecule has 0 bridgehead atoms. The number of nitrogens with one attached hydrogen (secondary N) is 6. The van der Waals surface area contributed by atoms with E-state index in [0.29, 0.717) is 152 Å². The number of pyridine rings is 2. The number of anilines is 1. The number of hydrogen-bond acceptors (Lipinski definition) is 23. The second-order valence-corrected chi connectivity index (χ2v) is 22.3. The van der Waals surface area contributed by atoms with Gasteiger partial charge in [-0.25, -0.2) is 14.6 Å². The zero-order valence-corrected chi connectivity index (χ0v) is 56.1. The van der Waals surface area contributed by atoms with Crippen molar-refractivity contribution in [3.63, 3.8) is 0 Å². The summed E-state index contributed by atoms with van der Waals surface area (Å²) in [6, 6.07) is 10.5. The number of hydrogen-bond donors (Lipinski definition) is 9. The largest absolute Gasteiger partial charge is 0.507 e. The highest BCUT2D eigenvalue weighted by Gasteiger charge is 2.31. The second kappa shape index (κ2) is 46.2. The summed E-state index contributed by atoms with van der Waals surface area (Å²) in [7, 11) is 0. The molecule has 1 unspecified atom stereocenters. The molecule has 0 aliphatic carbocycles. The number of aromatic hydroxyl groups is 1. The predicted molar refractivity (Wildman–Crippen MR) is 355 cm³/mol. The van der Waals surface area contributed by atoms with Crippen molar-refractivity contribution in [1.82, 2.24) is 36.1 Å². The first-order valence-electron chi connectivity index (χ1n) is 32.8. The SMILES string of the molecule is CCC(=O)OCc1c(O)cc2n(c1=O)Cc1c-2nc2ccc(OCCCNC(=O)CNC(=O)OCc3ccc(NC(=O)[C@H](CCCNC(N)=O)NC(=O)C(NC(=O)CCOCCOCCOCCOCCOCCOCCOCCOCCOCCN)C(C)C)cc3)cc2c1CC. The Kier molecular flexibility index (Phi) is 37.9. The number of carbonyl (C=O) groups is 7. The fraction of sp³-hybridized carbons (Fsp3) is 0.591. The molecule has 2 atom stereocenters. The summed E-state index contributed by atoms with van der Waals surface area (Å²) in [4.78, 5) is 107. The molecular weight excluding hydrogens is 1270 g/mol. The maximum Gasteiger partial charge on any atom is 0.407 e. The van der Waals surface area contributed by atoms with Crippen LogP contribution in [0.3, 0.4) is 0 Å². The van der Waals surface area contributed by atoms with Crippen LogP contribution in [0.5, 0.6) is 11.5 Å². The normalized spacial score (nSPS) is 12.1. The van der Waals surface area contributed by atoms with Gasteiger partial charge in [0.15, 0.2) is 0 Å². The maximum absolute atomic E-state index is 13.7. The third kappa shape index (κ3) is 30.0. The van der Waals surface area contributed by atoms with Gasteiger partial charge in [-0.3, -0.25) is 28.8 Å². The molecule has 4 aromatic rings. The van der Waals surface area contributed by atoms with E-state index in [1.54, 1.807) is 51.1 Å². The van der Waals surface area contributed by atoms with Crippen LogP contribution in [0.15, 0.2) is 53.3 Å². The number of aromatic nitrogens is 2. The number of ether oxygens (including phenoxy) is 12. The van der Waals surface area contributed by atoms with Gasteiger partial charge in [0.05, 0.1) is 161 Å². The number of nitrogens with zero attached hydrogens (tertiary/aromatic N) is 2. The van der Waals surface area contributed by atoms with E-state index in [0.717, 1.165) is 16.5 Å². The van der Waals surface area contributed by atoms with Gasteiger partial charge in [-0.15, -0.1) is 0 Å². The van der Waals surface area contributed by atoms with E-state index in [9.17, 15) is 43.5 Å². The molecule has 5 rings (SSSR count). The average Bonchev–Trinajstić information content (AvgIpc) is 1.61. The number of carbonyl (C=O) groups excluding carboxylic acids is 7. The third-order valence-electron chi connectivity index (χ3n) is 14.6. The van der Waals surface area contributed by atoms with Crippen LogP contribution in [0.2, 0.25) is 0 Å². The first-order chi connectivity index (χ1) is 47.0. The summed E-state index contributed by atoms with van der Waals surface area (Å²) in [6.07, 6.45) is 0.722. The Bertz CT molecular complexity index is 3140. The topological polar surface area (TPSA) is 410 Å². The standard InChI is InChI=1S/C66H98N10O21/c1-5-49-50-39-48(14-15-53(50)73-61-51(49)42-76-55(61)40-56(77)52(64(76)83)44-96-59(80)6-2)95-20-8-19-69-58(79)41-71-66(85)97-43-46-10-12-47(13-11-46)72-62(81)54(9-7-18-70-65(68)84)74-63(82)60(45(3)4)75-57(78)16-21-86-23-25-88-27-29-90-31-33-92-35-37-94-38-36-93-34-32-91-30-28-89-26-24-87-22-17-67/h10-15,39-40,45,54,60,77H,5-9,16-38,41-44,67H2,1-4H3,(H,69,79)(H,71,85)(H,72,81)(H,74,82)(H,75,78)(H3,68,70,84)/t54-,60?/m0/s1. The van der Waals surface area contributed by atoms with E-state index in [1.807, 2.05) is 19.1 Å². The first-order valence-corrected chi connectivity index (χ1v) is 32.8. The lowest BCUT2D eigenvalue weighted by Gasteiger charge is -2.25. The molecule has 0 saturated heterocycles. The highest BCUT2D eigenvalue weighted by Crippen LogP contribution is 2.38. The molecule has 7 amide bonds. The van der Waals surface area contributed by atoms with Gasteiger partial charge in [0.2, 0.25) is 23.6 Å². The third-order valence-corrected chi connectivity index (χ3v) is 14.6. The number of benzene rings is 2. The van der Waals surface area contributed by atoms with Crippen molar-refractivity contribution in [3.8, 4) is 22.9 Å². The summed E-state index contributed by atoms with van der Waals surface area (Å²) in [5.41, 5.74) is 14.6. The number of fused-ring (bicyclic) bond motifs is 4. The molecule has 2 aromatic carbocycles. The smallest absolute Gasteiger partial charge is 0.407 e. The lowest BCUT2D eigenvalue weighted by Crippen LogP contribution is -2.54. The molecule has 3 heterocycles. The van der Waals surface area contributed by atoms with Crippen LogP contribution in [-0.2, 0) is 102 Å². The summed E-state index contributed by atoms with van der Waals surface area (Å²) in [6.45, 7) is 15.0. The molecule has 0 radical (unpaired) electrons. The molecule has 31 nitrogen and oxygen atoms in total. The number of alkyl carbamates (subject to hydrolysis) is 1. The van der Waals surface area contributed by atoms with Gasteiger partial charge in [0, 0.05) is 55.2 Å². The van der Waals surface area contributed by atoms with Crippen LogP contribution in [-0.4, -0.2) is 220 Å². The Balaban J connectivity index is 0.908. The van der Waals surface area contributed by atoms with Gasteiger partial charge in [-0.2, -0.15) is 0 Å². The molecule has 1 aliphatic rings. The Morgan fingerprint density at radius 1 is 0.629 bits per heavy atom. The summed E-state index contributed by atoms with van der Waals surface area (Å²) >= 11 is 0. The first kappa shape index (κ1) is 79.6. The molecule has 31 heteroatoms. The van der Waals surface area contributed by atoms with Crippen LogP contribution in [0.1, 0.15) is 82.1 Å². The van der Waals surface area contributed by atoms with Crippen molar-refractivity contribution in [3.05, 3.63) is 81.1 Å². The molecule has 0 saturated carbocycles. The quantitative estimate of drug-likeness (QED) is 0.0199. The number of primary amides is 1. The van der Waals surface area contributed by atoms with Gasteiger partial charge in [0.1, 0.15) is 36.8 Å². The van der Waals surface area contributed by atoms with Crippen molar-refractivity contribution >= 4 is 58.3 Å². The van der Waals surface area contributed by atoms with E-state index in [-0.39, 0.29) is 109 Å². The van der Waals surface area contributed by atoms with Crippen molar-refractivity contribution in [2.75, 3.05) is 157 Å². The van der Waals surface area contributed by atoms with Crippen LogP contribution in [0, 0.1) is 5.92 Å². The van der Waals surface area contributed by atoms with Crippen LogP contribution < -0.4 is 53.7 Å². The van der Waals surface area contributed by atoms with Crippen molar-refractivity contribution in [1.29, 1.82) is 0 Å². The van der Waals surface area contributed by atoms with E-state index in [1.165, 1.54) is 10.6 Å². The lowest BCUT2D eigenvalue weighted by molar-refractivity contribution is -0.144. The van der Waals surface area contributed by atoms with Crippen molar-refractivity contribution in [2.45, 2.75) is 98.1 Å². The lowest BCUT2D eigenvalue weighted by atomic mass is 9.98. The molecule has 11 N–H and O–H groups in total. The number of nitrogens with two attached hydrogens (primary N) is 2.